The van der Waals surface area contributed by atoms with Crippen LogP contribution in [0.5, 0.6) is 5.75 Å². The lowest BCUT2D eigenvalue weighted by molar-refractivity contribution is -0.479. The first-order chi connectivity index (χ1) is 14.0. The van der Waals surface area contributed by atoms with Crippen LogP contribution in [0, 0.1) is 17.0 Å². The molecule has 3 aromatic rings. The van der Waals surface area contributed by atoms with Crippen molar-refractivity contribution in [3.63, 3.8) is 0 Å². The molecule has 0 saturated carbocycles. The van der Waals surface area contributed by atoms with Gasteiger partial charge in [-0.3, -0.25) is 14.7 Å². The maximum atomic E-state index is 11.4. The first kappa shape index (κ1) is 21.1. The summed E-state index contributed by atoms with van der Waals surface area (Å²) >= 11 is 4.74. The van der Waals surface area contributed by atoms with E-state index < -0.39 is 5.25 Å². The third-order valence-corrected chi connectivity index (χ3v) is 5.70. The normalized spacial score (nSPS) is 11.8. The Bertz CT molecular complexity index is 1010. The molecule has 0 saturated heterocycles. The highest BCUT2D eigenvalue weighted by molar-refractivity contribution is 9.10. The van der Waals surface area contributed by atoms with E-state index in [0.29, 0.717) is 28.9 Å². The molecule has 9 heteroatoms. The lowest BCUT2D eigenvalue weighted by Gasteiger charge is -2.18. The molecule has 7 nitrogen and oxygen atoms in total. The lowest BCUT2D eigenvalue weighted by atomic mass is 10.1. The fourth-order valence-electron chi connectivity index (χ4n) is 2.81. The minimum Gasteiger partial charge on any atom is -0.489 e. The highest BCUT2D eigenvalue weighted by atomic mass is 79.9. The Labute approximate surface area is 181 Å². The maximum Gasteiger partial charge on any atom is 0.220 e. The number of para-hydroxylation sites is 1. The second-order valence-electron chi connectivity index (χ2n) is 6.10. The van der Waals surface area contributed by atoms with Crippen molar-refractivity contribution in [3.8, 4) is 11.4 Å². The van der Waals surface area contributed by atoms with Gasteiger partial charge in [0.2, 0.25) is 6.54 Å². The van der Waals surface area contributed by atoms with Crippen LogP contribution in [0.2, 0.25) is 0 Å². The zero-order valence-corrected chi connectivity index (χ0v) is 18.1. The maximum absolute atomic E-state index is 11.4. The minimum absolute atomic E-state index is 0.285. The van der Waals surface area contributed by atoms with Crippen molar-refractivity contribution in [2.75, 3.05) is 13.2 Å². The van der Waals surface area contributed by atoms with E-state index in [-0.39, 0.29) is 11.5 Å². The van der Waals surface area contributed by atoms with Crippen molar-refractivity contribution in [1.29, 1.82) is 0 Å². The number of nitro groups is 1. The molecule has 3 rings (SSSR count). The van der Waals surface area contributed by atoms with Crippen molar-refractivity contribution in [2.45, 2.75) is 17.3 Å². The Morgan fingerprint density at radius 2 is 2.07 bits per heavy atom. The van der Waals surface area contributed by atoms with E-state index in [1.165, 1.54) is 11.8 Å². The van der Waals surface area contributed by atoms with E-state index in [0.717, 1.165) is 10.2 Å². The molecule has 0 bridgehead atoms. The third-order valence-electron chi connectivity index (χ3n) is 4.05. The number of hydrogen-bond acceptors (Lipinski definition) is 6. The van der Waals surface area contributed by atoms with Crippen LogP contribution in [-0.4, -0.2) is 32.8 Å². The predicted molar refractivity (Wildman–Crippen MR) is 116 cm³/mol. The predicted octanol–water partition coefficient (Wildman–Crippen LogP) is 5.01. The van der Waals surface area contributed by atoms with Gasteiger partial charge in [0.05, 0.1) is 0 Å². The number of rotatable bonds is 9. The summed E-state index contributed by atoms with van der Waals surface area (Å²) in [5.74, 6) is 1.28. The van der Waals surface area contributed by atoms with E-state index in [2.05, 4.69) is 32.7 Å². The van der Waals surface area contributed by atoms with E-state index in [4.69, 9.17) is 4.74 Å². The number of halogens is 1. The van der Waals surface area contributed by atoms with Gasteiger partial charge in [-0.15, -0.1) is 10.2 Å². The molecule has 0 N–H and O–H groups in total. The molecule has 0 spiro atoms. The minimum atomic E-state index is -0.520. The zero-order valence-electron chi connectivity index (χ0n) is 15.7. The Kier molecular flexibility index (Phi) is 7.05. The second-order valence-corrected chi connectivity index (χ2v) is 8.19. The Morgan fingerprint density at radius 3 is 2.76 bits per heavy atom. The van der Waals surface area contributed by atoms with Crippen molar-refractivity contribution < 1.29 is 9.66 Å². The van der Waals surface area contributed by atoms with Gasteiger partial charge >= 0.3 is 0 Å². The second kappa shape index (κ2) is 9.71. The van der Waals surface area contributed by atoms with Crippen LogP contribution in [0.15, 0.2) is 70.8 Å². The quantitative estimate of drug-likeness (QED) is 0.187. The van der Waals surface area contributed by atoms with Crippen LogP contribution < -0.4 is 4.74 Å². The van der Waals surface area contributed by atoms with Crippen molar-refractivity contribution in [3.05, 3.63) is 87.2 Å². The summed E-state index contributed by atoms with van der Waals surface area (Å²) in [5, 5.41) is 19.9. The van der Waals surface area contributed by atoms with Crippen LogP contribution in [0.3, 0.4) is 0 Å². The Balaban J connectivity index is 2.02. The van der Waals surface area contributed by atoms with Gasteiger partial charge in [-0.05, 0) is 37.3 Å². The van der Waals surface area contributed by atoms with Gasteiger partial charge in [-0.25, -0.2) is 0 Å². The molecule has 0 amide bonds. The molecule has 2 aromatic carbocycles. The van der Waals surface area contributed by atoms with Gasteiger partial charge in [0.1, 0.15) is 23.4 Å². The summed E-state index contributed by atoms with van der Waals surface area (Å²) in [5.41, 5.74) is 1.61. The molecule has 0 aliphatic carbocycles. The van der Waals surface area contributed by atoms with Gasteiger partial charge in [0.15, 0.2) is 5.16 Å². The molecule has 0 aliphatic rings. The van der Waals surface area contributed by atoms with Crippen molar-refractivity contribution in [2.24, 2.45) is 0 Å². The molecule has 0 unspecified atom stereocenters. The average molecular weight is 475 g/mol. The summed E-state index contributed by atoms with van der Waals surface area (Å²) in [6.45, 7) is 5.54. The first-order valence-corrected chi connectivity index (χ1v) is 10.5. The number of thioether (sulfide) groups is 1. The number of aromatic nitrogens is 3. The topological polar surface area (TPSA) is 83.1 Å². The summed E-state index contributed by atoms with van der Waals surface area (Å²) in [4.78, 5) is 11.1. The van der Waals surface area contributed by atoms with Crippen LogP contribution in [0.1, 0.15) is 16.6 Å². The van der Waals surface area contributed by atoms with E-state index in [1.807, 2.05) is 54.0 Å². The van der Waals surface area contributed by atoms with Gasteiger partial charge in [-0.2, -0.15) is 0 Å². The first-order valence-electron chi connectivity index (χ1n) is 8.78. The van der Waals surface area contributed by atoms with Crippen LogP contribution in [-0.2, 0) is 0 Å². The van der Waals surface area contributed by atoms with E-state index in [9.17, 15) is 10.1 Å². The molecule has 1 aromatic heterocycles. The van der Waals surface area contributed by atoms with Crippen LogP contribution >= 0.6 is 27.7 Å². The zero-order chi connectivity index (χ0) is 20.8. The monoisotopic (exact) mass is 474 g/mol. The molecular formula is C20H19BrN4O3S. The summed E-state index contributed by atoms with van der Waals surface area (Å²) < 4.78 is 8.45. The van der Waals surface area contributed by atoms with E-state index in [1.54, 1.807) is 12.1 Å². The van der Waals surface area contributed by atoms with Gasteiger partial charge in [0, 0.05) is 20.6 Å². The molecule has 1 atom stereocenters. The average Bonchev–Trinajstić information content (AvgIpc) is 3.07. The molecule has 29 heavy (non-hydrogen) atoms. The highest BCUT2D eigenvalue weighted by Crippen LogP contribution is 2.41. The molecule has 0 aliphatic heterocycles. The molecule has 150 valence electrons. The SMILES string of the molecule is C=CCOc1ccc(Br)cc1[C@@H](C[N+](=O)[O-])Sc1nnc(C)n1-c1ccccc1. The largest absolute Gasteiger partial charge is 0.489 e. The molecule has 0 radical (unpaired) electrons. The van der Waals surface area contributed by atoms with Crippen LogP contribution in [0.25, 0.3) is 5.69 Å². The number of nitrogens with zero attached hydrogens (tertiary/aromatic N) is 4. The fourth-order valence-corrected chi connectivity index (χ4v) is 4.38. The Hall–Kier alpha value is -2.65. The summed E-state index contributed by atoms with van der Waals surface area (Å²) in [7, 11) is 0. The fraction of sp³-hybridized carbons (Fsp3) is 0.200. The number of benzene rings is 2. The van der Waals surface area contributed by atoms with Gasteiger partial charge in [0.25, 0.3) is 0 Å². The van der Waals surface area contributed by atoms with Gasteiger partial charge in [-0.1, -0.05) is 58.5 Å². The summed E-state index contributed by atoms with van der Waals surface area (Å²) in [6.07, 6.45) is 1.64. The number of ether oxygens (including phenoxy) is 1. The molecular weight excluding hydrogens is 456 g/mol. The third kappa shape index (κ3) is 5.24. The number of aryl methyl sites for hydroxylation is 1. The molecule has 1 heterocycles. The highest BCUT2D eigenvalue weighted by Gasteiger charge is 2.26. The lowest BCUT2D eigenvalue weighted by Crippen LogP contribution is -2.12. The van der Waals surface area contributed by atoms with Crippen molar-refractivity contribution in [1.82, 2.24) is 14.8 Å². The van der Waals surface area contributed by atoms with Crippen LogP contribution in [0.4, 0.5) is 0 Å². The standard InChI is InChI=1S/C20H19BrN4O3S/c1-3-11-28-18-10-9-15(21)12-17(18)19(13-24(26)27)29-20-23-22-14(2)25(20)16-7-5-4-6-8-16/h3-10,12,19H,1,11,13H2,2H3/t19-/m1/s1. The van der Waals surface area contributed by atoms with E-state index >= 15 is 0 Å². The number of hydrogen-bond donors (Lipinski definition) is 0. The molecule has 0 fully saturated rings. The van der Waals surface area contributed by atoms with Crippen molar-refractivity contribution >= 4 is 27.7 Å². The summed E-state index contributed by atoms with van der Waals surface area (Å²) in [6, 6.07) is 15.1. The van der Waals surface area contributed by atoms with Gasteiger partial charge < -0.3 is 4.74 Å². The Morgan fingerprint density at radius 1 is 1.31 bits per heavy atom. The smallest absolute Gasteiger partial charge is 0.220 e.